The molecule has 0 heterocycles. The van der Waals surface area contributed by atoms with Crippen LogP contribution in [0.3, 0.4) is 0 Å². The first-order chi connectivity index (χ1) is 8.16. The normalized spacial score (nSPS) is 10.8. The van der Waals surface area contributed by atoms with Gasteiger partial charge in [0, 0.05) is 0 Å². The first-order valence-electron chi connectivity index (χ1n) is 4.97. The Hall–Kier alpha value is -1.84. The van der Waals surface area contributed by atoms with E-state index < -0.39 is 13.1 Å². The summed E-state index contributed by atoms with van der Waals surface area (Å²) in [5.74, 6) is 0.988. The van der Waals surface area contributed by atoms with Gasteiger partial charge in [-0.1, -0.05) is 0 Å². The van der Waals surface area contributed by atoms with Crippen LogP contribution >= 0.6 is 0 Å². The Morgan fingerprint density at radius 1 is 0.647 bits per heavy atom. The van der Waals surface area contributed by atoms with Gasteiger partial charge in [0.25, 0.3) is 0 Å². The summed E-state index contributed by atoms with van der Waals surface area (Å²) >= 11 is -3.87. The van der Waals surface area contributed by atoms with Crippen LogP contribution in [-0.2, 0) is 0 Å². The van der Waals surface area contributed by atoms with Gasteiger partial charge in [-0.15, -0.1) is 0 Å². The maximum atomic E-state index is 7.78. The molecule has 0 aliphatic heterocycles. The Balaban J connectivity index is 2.11. The SMILES string of the molecule is N=[Se](=N)(Oc1ccccc1)Oc1ccccc1. The maximum absolute atomic E-state index is 7.78. The van der Waals surface area contributed by atoms with Crippen LogP contribution in [-0.4, -0.2) is 13.1 Å². The van der Waals surface area contributed by atoms with Crippen LogP contribution in [0.25, 0.3) is 0 Å². The van der Waals surface area contributed by atoms with Crippen LogP contribution in [0, 0.1) is 8.76 Å². The standard InChI is InChI=1S/C12H12N2O2Se/c13-17(14,15-11-7-3-1-4-8-11)16-12-9-5-2-6-10-12/h1-10,13-14H. The van der Waals surface area contributed by atoms with Gasteiger partial charge < -0.3 is 0 Å². The molecule has 17 heavy (non-hydrogen) atoms. The van der Waals surface area contributed by atoms with E-state index in [-0.39, 0.29) is 0 Å². The van der Waals surface area contributed by atoms with Crippen molar-refractivity contribution in [3.63, 3.8) is 0 Å². The summed E-state index contributed by atoms with van der Waals surface area (Å²) in [6.45, 7) is 0. The van der Waals surface area contributed by atoms with Gasteiger partial charge in [0.2, 0.25) is 0 Å². The van der Waals surface area contributed by atoms with E-state index in [2.05, 4.69) is 0 Å². The zero-order valence-electron chi connectivity index (χ0n) is 9.00. The molecule has 0 fully saturated rings. The zero-order chi connectivity index (χ0) is 12.1. The van der Waals surface area contributed by atoms with E-state index in [0.29, 0.717) is 11.5 Å². The Bertz CT molecular complexity index is 520. The predicted octanol–water partition coefficient (Wildman–Crippen LogP) is 3.27. The number of hydrogen-bond donors (Lipinski definition) is 2. The summed E-state index contributed by atoms with van der Waals surface area (Å²) < 4.78 is 26.1. The van der Waals surface area contributed by atoms with Gasteiger partial charge in [-0.05, 0) is 0 Å². The third-order valence-corrected chi connectivity index (χ3v) is 3.71. The van der Waals surface area contributed by atoms with E-state index in [4.69, 9.17) is 16.4 Å². The van der Waals surface area contributed by atoms with Crippen molar-refractivity contribution in [1.82, 2.24) is 0 Å². The summed E-state index contributed by atoms with van der Waals surface area (Å²) in [7, 11) is 0. The number of para-hydroxylation sites is 2. The first-order valence-corrected chi connectivity index (χ1v) is 8.08. The quantitative estimate of drug-likeness (QED) is 0.850. The molecule has 0 radical (unpaired) electrons. The molecule has 0 aliphatic rings. The van der Waals surface area contributed by atoms with Gasteiger partial charge >= 0.3 is 102 Å². The number of hydrogen-bond acceptors (Lipinski definition) is 4. The number of rotatable bonds is 4. The molecule has 2 aromatic carbocycles. The van der Waals surface area contributed by atoms with Gasteiger partial charge in [-0.2, -0.15) is 0 Å². The van der Waals surface area contributed by atoms with Crippen molar-refractivity contribution in [3.05, 3.63) is 60.7 Å². The monoisotopic (exact) mass is 296 g/mol. The van der Waals surface area contributed by atoms with Crippen LogP contribution in [0.1, 0.15) is 0 Å². The molecule has 2 N–H and O–H groups in total. The molecule has 88 valence electrons. The number of nitrogens with one attached hydrogen (secondary N) is 2. The van der Waals surface area contributed by atoms with E-state index in [1.807, 2.05) is 12.1 Å². The van der Waals surface area contributed by atoms with Gasteiger partial charge in [-0.25, -0.2) is 0 Å². The fourth-order valence-corrected chi connectivity index (χ4v) is 2.91. The van der Waals surface area contributed by atoms with Gasteiger partial charge in [0.05, 0.1) is 0 Å². The molecule has 0 aromatic heterocycles. The fraction of sp³-hybridized carbons (Fsp3) is 0. The van der Waals surface area contributed by atoms with Crippen molar-refractivity contribution in [1.29, 1.82) is 8.76 Å². The number of benzene rings is 2. The molecule has 0 aliphatic carbocycles. The van der Waals surface area contributed by atoms with Crippen molar-refractivity contribution in [2.75, 3.05) is 0 Å². The van der Waals surface area contributed by atoms with E-state index in [1.165, 1.54) is 0 Å². The van der Waals surface area contributed by atoms with Crippen LogP contribution in [0.4, 0.5) is 0 Å². The van der Waals surface area contributed by atoms with Crippen LogP contribution in [0.2, 0.25) is 0 Å². The van der Waals surface area contributed by atoms with E-state index in [9.17, 15) is 0 Å². The van der Waals surface area contributed by atoms with Crippen LogP contribution < -0.4 is 7.64 Å². The Morgan fingerprint density at radius 2 is 1.00 bits per heavy atom. The van der Waals surface area contributed by atoms with Crippen molar-refractivity contribution < 1.29 is 7.64 Å². The minimum atomic E-state index is -3.87. The van der Waals surface area contributed by atoms with Gasteiger partial charge in [-0.3, -0.25) is 0 Å². The summed E-state index contributed by atoms with van der Waals surface area (Å²) in [4.78, 5) is 0. The molecule has 5 heteroatoms. The van der Waals surface area contributed by atoms with Crippen LogP contribution in [0.15, 0.2) is 60.7 Å². The topological polar surface area (TPSA) is 66.2 Å². The predicted molar refractivity (Wildman–Crippen MR) is 65.3 cm³/mol. The van der Waals surface area contributed by atoms with Gasteiger partial charge in [0.15, 0.2) is 0 Å². The minimum absolute atomic E-state index is 0.494. The van der Waals surface area contributed by atoms with Crippen molar-refractivity contribution in [2.45, 2.75) is 0 Å². The second-order valence-corrected chi connectivity index (χ2v) is 6.11. The molecule has 0 unspecified atom stereocenters. The molecular formula is C12H12N2O2Se. The van der Waals surface area contributed by atoms with E-state index in [1.54, 1.807) is 48.5 Å². The summed E-state index contributed by atoms with van der Waals surface area (Å²) in [6, 6.07) is 17.7. The molecule has 0 bridgehead atoms. The zero-order valence-corrected chi connectivity index (χ0v) is 10.7. The average molecular weight is 295 g/mol. The second-order valence-electron chi connectivity index (χ2n) is 3.30. The summed E-state index contributed by atoms with van der Waals surface area (Å²) in [5.41, 5.74) is 0. The molecule has 2 aromatic rings. The Morgan fingerprint density at radius 3 is 1.35 bits per heavy atom. The molecule has 0 amide bonds. The second kappa shape index (κ2) is 4.99. The third kappa shape index (κ3) is 3.59. The van der Waals surface area contributed by atoms with Crippen molar-refractivity contribution in [3.8, 4) is 11.5 Å². The molecule has 4 nitrogen and oxygen atoms in total. The molecule has 0 saturated heterocycles. The average Bonchev–Trinajstić information content (AvgIpc) is 2.30. The summed E-state index contributed by atoms with van der Waals surface area (Å²) in [5, 5.41) is 0. The van der Waals surface area contributed by atoms with Crippen molar-refractivity contribution in [2.24, 2.45) is 0 Å². The van der Waals surface area contributed by atoms with Gasteiger partial charge in [0.1, 0.15) is 0 Å². The molecule has 2 rings (SSSR count). The van der Waals surface area contributed by atoms with E-state index in [0.717, 1.165) is 0 Å². The molecule has 0 atom stereocenters. The molecule has 0 spiro atoms. The first kappa shape index (κ1) is 11.6. The summed E-state index contributed by atoms with van der Waals surface area (Å²) in [6.07, 6.45) is 0. The molecule has 0 saturated carbocycles. The van der Waals surface area contributed by atoms with Crippen molar-refractivity contribution >= 4 is 13.1 Å². The fourth-order valence-electron chi connectivity index (χ4n) is 1.24. The third-order valence-electron chi connectivity index (χ3n) is 1.91. The Kier molecular flexibility index (Phi) is 3.42. The Labute approximate surface area is 102 Å². The van der Waals surface area contributed by atoms with Crippen LogP contribution in [0.5, 0.6) is 11.5 Å². The van der Waals surface area contributed by atoms with E-state index >= 15 is 0 Å². The molecular weight excluding hydrogens is 283 g/mol.